The molecule has 2 aromatic rings. The first kappa shape index (κ1) is 22.2. The van der Waals surface area contributed by atoms with Crippen LogP contribution in [0.15, 0.2) is 41.3 Å². The number of benzene rings is 1. The summed E-state index contributed by atoms with van der Waals surface area (Å²) in [6.07, 6.45) is 7.97. The van der Waals surface area contributed by atoms with Crippen molar-refractivity contribution >= 4 is 27.6 Å². The van der Waals surface area contributed by atoms with E-state index in [4.69, 9.17) is 4.74 Å². The van der Waals surface area contributed by atoms with E-state index in [2.05, 4.69) is 32.0 Å². The van der Waals surface area contributed by atoms with Crippen LogP contribution in [0, 0.1) is 11.8 Å². The summed E-state index contributed by atoms with van der Waals surface area (Å²) in [5, 5.41) is 0. The topological polar surface area (TPSA) is 75.3 Å². The van der Waals surface area contributed by atoms with E-state index in [0.29, 0.717) is 31.8 Å². The molecule has 166 valence electrons. The van der Waals surface area contributed by atoms with Crippen molar-refractivity contribution in [2.24, 2.45) is 11.8 Å². The van der Waals surface area contributed by atoms with Crippen molar-refractivity contribution in [3.8, 4) is 0 Å². The number of Topliss-reactive ketones (excluding diaryl/α,β-unsaturated/α-hetero) is 1. The van der Waals surface area contributed by atoms with Crippen molar-refractivity contribution in [1.82, 2.24) is 14.9 Å². The van der Waals surface area contributed by atoms with Crippen LogP contribution in [0.4, 0.5) is 0 Å². The van der Waals surface area contributed by atoms with E-state index >= 15 is 0 Å². The Hall–Kier alpha value is -1.99. The summed E-state index contributed by atoms with van der Waals surface area (Å²) in [6.45, 7) is 2.90. The molecule has 2 fully saturated rings. The second-order valence-electron chi connectivity index (χ2n) is 8.67. The average Bonchev–Trinajstić information content (AvgIpc) is 3.33. The first-order chi connectivity index (χ1) is 15.1. The smallest absolute Gasteiger partial charge is 0.222 e. The number of halogens is 1. The molecule has 2 aliphatic heterocycles. The molecule has 1 aromatic heterocycles. The summed E-state index contributed by atoms with van der Waals surface area (Å²) in [5.74, 6) is 0.909. The van der Waals surface area contributed by atoms with Crippen LogP contribution in [-0.4, -0.2) is 52.9 Å². The third kappa shape index (κ3) is 5.63. The third-order valence-corrected chi connectivity index (χ3v) is 7.41. The molecule has 1 N–H and O–H groups in total. The number of imidazole rings is 1. The summed E-state index contributed by atoms with van der Waals surface area (Å²) in [6, 6.07) is 8.04. The van der Waals surface area contributed by atoms with Crippen LogP contribution < -0.4 is 0 Å². The number of carbonyl (C=O) groups is 2. The molecule has 0 bridgehead atoms. The van der Waals surface area contributed by atoms with Gasteiger partial charge < -0.3 is 14.6 Å². The molecule has 1 amide bonds. The Kier molecular flexibility index (Phi) is 7.56. The van der Waals surface area contributed by atoms with Gasteiger partial charge in [-0.1, -0.05) is 34.1 Å². The van der Waals surface area contributed by atoms with Gasteiger partial charge in [0, 0.05) is 67.3 Å². The van der Waals surface area contributed by atoms with Gasteiger partial charge in [-0.15, -0.1) is 0 Å². The zero-order valence-electron chi connectivity index (χ0n) is 17.8. The lowest BCUT2D eigenvalue weighted by Gasteiger charge is -2.33. The average molecular weight is 488 g/mol. The van der Waals surface area contributed by atoms with Gasteiger partial charge in [-0.05, 0) is 43.2 Å². The number of rotatable bonds is 7. The molecule has 2 saturated heterocycles. The van der Waals surface area contributed by atoms with Crippen LogP contribution in [-0.2, 0) is 14.3 Å². The Balaban J connectivity index is 1.34. The maximum Gasteiger partial charge on any atom is 0.222 e. The number of ether oxygens (including phenoxy) is 1. The van der Waals surface area contributed by atoms with Gasteiger partial charge in [0.15, 0.2) is 0 Å². The molecular formula is C24H30BrN3O3. The van der Waals surface area contributed by atoms with Gasteiger partial charge in [0.05, 0.1) is 6.33 Å². The van der Waals surface area contributed by atoms with Crippen LogP contribution in [0.25, 0.3) is 0 Å². The number of aromatic nitrogens is 2. The van der Waals surface area contributed by atoms with Crippen molar-refractivity contribution in [3.05, 3.63) is 52.5 Å². The Morgan fingerprint density at radius 2 is 1.90 bits per heavy atom. The number of hydrogen-bond donors (Lipinski definition) is 1. The summed E-state index contributed by atoms with van der Waals surface area (Å²) in [5.41, 5.74) is 2.04. The maximum atomic E-state index is 13.2. The lowest BCUT2D eigenvalue weighted by atomic mass is 9.83. The number of carbonyl (C=O) groups excluding carboxylic acids is 2. The Morgan fingerprint density at radius 1 is 1.16 bits per heavy atom. The van der Waals surface area contributed by atoms with Crippen molar-refractivity contribution in [1.29, 1.82) is 0 Å². The normalized spacial score (nSPS) is 19.3. The standard InChI is InChI=1S/C24H30BrN3O3/c25-21-4-2-1-3-19(21)20(22-15-26-16-27-22)14-23(29)18-5-9-28(10-6-18)24(30)13-17-7-11-31-12-8-17/h1-4,15-18,20H,5-14H2,(H,26,27). The van der Waals surface area contributed by atoms with Crippen molar-refractivity contribution in [3.63, 3.8) is 0 Å². The fourth-order valence-corrected chi connectivity index (χ4v) is 5.31. The molecule has 31 heavy (non-hydrogen) atoms. The van der Waals surface area contributed by atoms with Gasteiger partial charge in [0.25, 0.3) is 0 Å². The number of amides is 1. The SMILES string of the molecule is O=C(CC(c1cnc[nH]1)c1ccccc1Br)C1CCN(C(=O)CC2CCOCC2)CC1. The molecule has 0 radical (unpaired) electrons. The van der Waals surface area contributed by atoms with E-state index in [1.807, 2.05) is 23.1 Å². The number of piperidine rings is 1. The first-order valence-corrected chi connectivity index (χ1v) is 12.0. The second-order valence-corrected chi connectivity index (χ2v) is 9.52. The maximum absolute atomic E-state index is 13.2. The summed E-state index contributed by atoms with van der Waals surface area (Å²) in [7, 11) is 0. The van der Waals surface area contributed by atoms with Gasteiger partial charge in [-0.3, -0.25) is 9.59 Å². The second kappa shape index (κ2) is 10.6. The number of likely N-dealkylation sites (tertiary alicyclic amines) is 1. The highest BCUT2D eigenvalue weighted by Gasteiger charge is 2.31. The highest BCUT2D eigenvalue weighted by molar-refractivity contribution is 9.10. The van der Waals surface area contributed by atoms with E-state index in [1.54, 1.807) is 12.5 Å². The Labute approximate surface area is 191 Å². The summed E-state index contributed by atoms with van der Waals surface area (Å²) >= 11 is 3.64. The zero-order chi connectivity index (χ0) is 21.6. The fraction of sp³-hybridized carbons (Fsp3) is 0.542. The molecule has 7 heteroatoms. The molecule has 1 unspecified atom stereocenters. The Bertz CT molecular complexity index is 872. The number of H-pyrrole nitrogens is 1. The van der Waals surface area contributed by atoms with Crippen LogP contribution in [0.2, 0.25) is 0 Å². The number of nitrogens with zero attached hydrogens (tertiary/aromatic N) is 2. The van der Waals surface area contributed by atoms with Crippen molar-refractivity contribution in [2.45, 2.75) is 44.4 Å². The van der Waals surface area contributed by atoms with E-state index in [-0.39, 0.29) is 23.5 Å². The predicted octanol–water partition coefficient (Wildman–Crippen LogP) is 4.32. The molecule has 4 rings (SSSR count). The van der Waals surface area contributed by atoms with E-state index in [0.717, 1.165) is 54.6 Å². The lowest BCUT2D eigenvalue weighted by Crippen LogP contribution is -2.41. The van der Waals surface area contributed by atoms with Gasteiger partial charge in [-0.25, -0.2) is 4.98 Å². The van der Waals surface area contributed by atoms with Gasteiger partial charge in [-0.2, -0.15) is 0 Å². The van der Waals surface area contributed by atoms with E-state index in [1.165, 1.54) is 0 Å². The summed E-state index contributed by atoms with van der Waals surface area (Å²) < 4.78 is 6.39. The summed E-state index contributed by atoms with van der Waals surface area (Å²) in [4.78, 5) is 35.2. The molecule has 0 spiro atoms. The highest BCUT2D eigenvalue weighted by Crippen LogP contribution is 2.34. The van der Waals surface area contributed by atoms with Crippen LogP contribution in [0.3, 0.4) is 0 Å². The predicted molar refractivity (Wildman–Crippen MR) is 122 cm³/mol. The van der Waals surface area contributed by atoms with Crippen molar-refractivity contribution in [2.75, 3.05) is 26.3 Å². The molecule has 0 saturated carbocycles. The number of aromatic amines is 1. The molecule has 3 heterocycles. The largest absolute Gasteiger partial charge is 0.381 e. The van der Waals surface area contributed by atoms with E-state index < -0.39 is 0 Å². The van der Waals surface area contributed by atoms with Gasteiger partial charge in [0.2, 0.25) is 5.91 Å². The third-order valence-electron chi connectivity index (χ3n) is 6.69. The minimum absolute atomic E-state index is 0.0139. The number of nitrogens with one attached hydrogen (secondary N) is 1. The number of ketones is 1. The fourth-order valence-electron chi connectivity index (χ4n) is 4.75. The molecule has 1 aromatic carbocycles. The van der Waals surface area contributed by atoms with Crippen LogP contribution in [0.5, 0.6) is 0 Å². The zero-order valence-corrected chi connectivity index (χ0v) is 19.4. The quantitative estimate of drug-likeness (QED) is 0.630. The monoisotopic (exact) mass is 487 g/mol. The minimum atomic E-state index is -0.0567. The van der Waals surface area contributed by atoms with Gasteiger partial charge >= 0.3 is 0 Å². The molecule has 1 atom stereocenters. The highest BCUT2D eigenvalue weighted by atomic mass is 79.9. The molecule has 0 aliphatic carbocycles. The van der Waals surface area contributed by atoms with Crippen LogP contribution in [0.1, 0.15) is 55.7 Å². The number of hydrogen-bond acceptors (Lipinski definition) is 4. The van der Waals surface area contributed by atoms with E-state index in [9.17, 15) is 9.59 Å². The van der Waals surface area contributed by atoms with Crippen LogP contribution >= 0.6 is 15.9 Å². The van der Waals surface area contributed by atoms with Gasteiger partial charge in [0.1, 0.15) is 5.78 Å². The Morgan fingerprint density at radius 3 is 2.58 bits per heavy atom. The van der Waals surface area contributed by atoms with Crippen molar-refractivity contribution < 1.29 is 14.3 Å². The molecular weight excluding hydrogens is 458 g/mol. The molecule has 2 aliphatic rings. The molecule has 6 nitrogen and oxygen atoms in total. The first-order valence-electron chi connectivity index (χ1n) is 11.2. The lowest BCUT2D eigenvalue weighted by molar-refractivity contribution is -0.136. The minimum Gasteiger partial charge on any atom is -0.381 e.